The van der Waals surface area contributed by atoms with Crippen molar-refractivity contribution in [2.24, 2.45) is 17.6 Å². The lowest BCUT2D eigenvalue weighted by molar-refractivity contribution is -0.121. The van der Waals surface area contributed by atoms with Crippen LogP contribution in [0.1, 0.15) is 33.6 Å². The molecule has 1 heterocycles. The van der Waals surface area contributed by atoms with Gasteiger partial charge in [0.25, 0.3) is 0 Å². The van der Waals surface area contributed by atoms with E-state index in [1.165, 1.54) is 0 Å². The summed E-state index contributed by atoms with van der Waals surface area (Å²) in [7, 11) is 0. The molecule has 0 aromatic rings. The van der Waals surface area contributed by atoms with E-state index in [0.717, 1.165) is 25.9 Å². The quantitative estimate of drug-likeness (QED) is 0.687. The smallest absolute Gasteiger partial charge is 0.321 e. The van der Waals surface area contributed by atoms with Crippen molar-refractivity contribution in [3.63, 3.8) is 0 Å². The molecule has 0 spiro atoms. The normalized spacial score (nSPS) is 18.9. The zero-order chi connectivity index (χ0) is 15.1. The van der Waals surface area contributed by atoms with Gasteiger partial charge in [-0.2, -0.15) is 0 Å². The van der Waals surface area contributed by atoms with Gasteiger partial charge in [-0.15, -0.1) is 0 Å². The first-order chi connectivity index (χ1) is 9.38. The summed E-state index contributed by atoms with van der Waals surface area (Å²) in [5.41, 5.74) is 5.89. The fraction of sp³-hybridized carbons (Fsp3) is 0.857. The number of nitrogens with two attached hydrogens (primary N) is 1. The number of amides is 3. The third-order valence-corrected chi connectivity index (χ3v) is 3.67. The molecule has 6 heteroatoms. The van der Waals surface area contributed by atoms with E-state index in [2.05, 4.69) is 15.5 Å². The minimum atomic E-state index is -0.408. The van der Waals surface area contributed by atoms with Crippen molar-refractivity contribution >= 4 is 11.9 Å². The molecule has 0 aliphatic carbocycles. The van der Waals surface area contributed by atoms with E-state index in [1.54, 1.807) is 0 Å². The lowest BCUT2D eigenvalue weighted by atomic mass is 9.91. The van der Waals surface area contributed by atoms with Crippen LogP contribution in [-0.2, 0) is 4.79 Å². The van der Waals surface area contributed by atoms with Crippen LogP contribution in [0.4, 0.5) is 4.79 Å². The van der Waals surface area contributed by atoms with Gasteiger partial charge in [0.1, 0.15) is 0 Å². The molecule has 0 radical (unpaired) electrons. The summed E-state index contributed by atoms with van der Waals surface area (Å²) in [6.07, 6.45) is 2.04. The molecule has 0 aromatic carbocycles. The van der Waals surface area contributed by atoms with Crippen LogP contribution >= 0.6 is 0 Å². The van der Waals surface area contributed by atoms with Crippen molar-refractivity contribution in [3.8, 4) is 0 Å². The Morgan fingerprint density at radius 1 is 1.25 bits per heavy atom. The third-order valence-electron chi connectivity index (χ3n) is 3.67. The van der Waals surface area contributed by atoms with Crippen LogP contribution < -0.4 is 16.4 Å². The van der Waals surface area contributed by atoms with Crippen LogP contribution in [0.15, 0.2) is 0 Å². The first-order valence-electron chi connectivity index (χ1n) is 7.44. The molecule has 116 valence electrons. The standard InChI is InChI=1S/C14H28N4O2/c1-10(2)8-16-14(20)17-13(19)9-18-6-4-12(5-7-18)11(3)15/h10-12H,4-9,15H2,1-3H3,(H2,16,17,19,20). The summed E-state index contributed by atoms with van der Waals surface area (Å²) in [6.45, 7) is 8.63. The lowest BCUT2D eigenvalue weighted by Crippen LogP contribution is -2.47. The van der Waals surface area contributed by atoms with E-state index in [-0.39, 0.29) is 18.5 Å². The fourth-order valence-electron chi connectivity index (χ4n) is 2.35. The van der Waals surface area contributed by atoms with Gasteiger partial charge in [0.15, 0.2) is 0 Å². The maximum absolute atomic E-state index is 11.7. The molecule has 6 nitrogen and oxygen atoms in total. The Kier molecular flexibility index (Phi) is 6.95. The van der Waals surface area contributed by atoms with Gasteiger partial charge in [0.2, 0.25) is 5.91 Å². The number of nitrogens with zero attached hydrogens (tertiary/aromatic N) is 1. The van der Waals surface area contributed by atoms with Crippen molar-refractivity contribution in [3.05, 3.63) is 0 Å². The second kappa shape index (κ2) is 8.21. The third kappa shape index (κ3) is 6.34. The number of hydrogen-bond acceptors (Lipinski definition) is 4. The first kappa shape index (κ1) is 16.9. The van der Waals surface area contributed by atoms with Crippen molar-refractivity contribution in [2.75, 3.05) is 26.2 Å². The molecule has 3 amide bonds. The molecule has 1 aliphatic heterocycles. The molecule has 1 unspecified atom stereocenters. The second-order valence-electron chi connectivity index (χ2n) is 6.12. The van der Waals surface area contributed by atoms with E-state index in [0.29, 0.717) is 18.4 Å². The highest BCUT2D eigenvalue weighted by molar-refractivity contribution is 5.95. The molecule has 4 N–H and O–H groups in total. The Bertz CT molecular complexity index is 323. The summed E-state index contributed by atoms with van der Waals surface area (Å²) in [5, 5.41) is 5.03. The van der Waals surface area contributed by atoms with Gasteiger partial charge in [0.05, 0.1) is 6.54 Å². The monoisotopic (exact) mass is 284 g/mol. The minimum absolute atomic E-state index is 0.216. The Hall–Kier alpha value is -1.14. The Balaban J connectivity index is 2.21. The molecule has 0 bridgehead atoms. The van der Waals surface area contributed by atoms with Gasteiger partial charge in [-0.3, -0.25) is 15.0 Å². The number of rotatable bonds is 5. The Morgan fingerprint density at radius 2 is 1.85 bits per heavy atom. The molecule has 0 aromatic heterocycles. The van der Waals surface area contributed by atoms with Gasteiger partial charge in [0, 0.05) is 12.6 Å². The number of piperidine rings is 1. The van der Waals surface area contributed by atoms with E-state index in [4.69, 9.17) is 5.73 Å². The molecule has 1 rings (SSSR count). The summed E-state index contributed by atoms with van der Waals surface area (Å²) >= 11 is 0. The van der Waals surface area contributed by atoms with Crippen LogP contribution in [0.5, 0.6) is 0 Å². The molecule has 1 atom stereocenters. The predicted molar refractivity (Wildman–Crippen MR) is 79.2 cm³/mol. The van der Waals surface area contributed by atoms with Gasteiger partial charge in [-0.25, -0.2) is 4.79 Å². The maximum atomic E-state index is 11.7. The molecule has 20 heavy (non-hydrogen) atoms. The molecule has 1 aliphatic rings. The summed E-state index contributed by atoms with van der Waals surface area (Å²) in [6, 6.07) is -0.193. The maximum Gasteiger partial charge on any atom is 0.321 e. The molecule has 0 saturated carbocycles. The molecular formula is C14H28N4O2. The average Bonchev–Trinajstić information content (AvgIpc) is 2.36. The Morgan fingerprint density at radius 3 is 2.35 bits per heavy atom. The van der Waals surface area contributed by atoms with Crippen LogP contribution in [0.25, 0.3) is 0 Å². The number of carbonyl (C=O) groups is 2. The number of nitrogens with one attached hydrogen (secondary N) is 2. The number of likely N-dealkylation sites (tertiary alicyclic amines) is 1. The highest BCUT2D eigenvalue weighted by atomic mass is 16.2. The van der Waals surface area contributed by atoms with Gasteiger partial charge in [-0.05, 0) is 44.7 Å². The lowest BCUT2D eigenvalue weighted by Gasteiger charge is -2.33. The van der Waals surface area contributed by atoms with Gasteiger partial charge >= 0.3 is 6.03 Å². The van der Waals surface area contributed by atoms with E-state index in [9.17, 15) is 9.59 Å². The van der Waals surface area contributed by atoms with Crippen molar-refractivity contribution in [1.82, 2.24) is 15.5 Å². The molecule has 1 saturated heterocycles. The van der Waals surface area contributed by atoms with Crippen LogP contribution in [0, 0.1) is 11.8 Å². The van der Waals surface area contributed by atoms with E-state index >= 15 is 0 Å². The minimum Gasteiger partial charge on any atom is -0.338 e. The number of carbonyl (C=O) groups excluding carboxylic acids is 2. The van der Waals surface area contributed by atoms with Crippen molar-refractivity contribution in [2.45, 2.75) is 39.7 Å². The van der Waals surface area contributed by atoms with Gasteiger partial charge in [-0.1, -0.05) is 13.8 Å². The first-order valence-corrected chi connectivity index (χ1v) is 7.44. The van der Waals surface area contributed by atoms with Gasteiger partial charge < -0.3 is 11.1 Å². The zero-order valence-corrected chi connectivity index (χ0v) is 12.8. The van der Waals surface area contributed by atoms with E-state index < -0.39 is 6.03 Å². The second-order valence-corrected chi connectivity index (χ2v) is 6.12. The Labute approximate surface area is 121 Å². The van der Waals surface area contributed by atoms with Crippen molar-refractivity contribution < 1.29 is 9.59 Å². The largest absolute Gasteiger partial charge is 0.338 e. The molecule has 1 fully saturated rings. The predicted octanol–water partition coefficient (Wildman–Crippen LogP) is 0.527. The average molecular weight is 284 g/mol. The van der Waals surface area contributed by atoms with E-state index in [1.807, 2.05) is 20.8 Å². The topological polar surface area (TPSA) is 87.5 Å². The number of hydrogen-bond donors (Lipinski definition) is 3. The van der Waals surface area contributed by atoms with Crippen LogP contribution in [0.3, 0.4) is 0 Å². The summed E-state index contributed by atoms with van der Waals surface area (Å²) in [5.74, 6) is 0.669. The fourth-order valence-corrected chi connectivity index (χ4v) is 2.35. The van der Waals surface area contributed by atoms with Crippen LogP contribution in [-0.4, -0.2) is 49.1 Å². The number of urea groups is 1. The number of imide groups is 1. The highest BCUT2D eigenvalue weighted by Crippen LogP contribution is 2.18. The summed E-state index contributed by atoms with van der Waals surface area (Å²) in [4.78, 5) is 25.3. The molecular weight excluding hydrogens is 256 g/mol. The van der Waals surface area contributed by atoms with Crippen LogP contribution in [0.2, 0.25) is 0 Å². The SMILES string of the molecule is CC(C)CNC(=O)NC(=O)CN1CCC(C(C)N)CC1. The van der Waals surface area contributed by atoms with Crippen molar-refractivity contribution in [1.29, 1.82) is 0 Å². The zero-order valence-electron chi connectivity index (χ0n) is 12.8. The highest BCUT2D eigenvalue weighted by Gasteiger charge is 2.23. The summed E-state index contributed by atoms with van der Waals surface area (Å²) < 4.78 is 0.